The molecular weight excluding hydrogens is 254 g/mol. The summed E-state index contributed by atoms with van der Waals surface area (Å²) in [7, 11) is 1.50. The highest BCUT2D eigenvalue weighted by atomic mass is 16.2. The summed E-state index contributed by atoms with van der Waals surface area (Å²) in [6.07, 6.45) is 7.18. The van der Waals surface area contributed by atoms with E-state index in [0.717, 1.165) is 12.5 Å². The average Bonchev–Trinajstić information content (AvgIpc) is 2.99. The van der Waals surface area contributed by atoms with Crippen molar-refractivity contribution in [2.75, 3.05) is 20.1 Å². The van der Waals surface area contributed by atoms with E-state index in [1.807, 2.05) is 0 Å². The van der Waals surface area contributed by atoms with E-state index < -0.39 is 6.03 Å². The topological polar surface area (TPSA) is 61.4 Å². The van der Waals surface area contributed by atoms with Gasteiger partial charge in [-0.2, -0.15) is 0 Å². The van der Waals surface area contributed by atoms with Gasteiger partial charge < -0.3 is 5.32 Å². The second kappa shape index (κ2) is 6.39. The van der Waals surface area contributed by atoms with Crippen LogP contribution in [0.15, 0.2) is 12.2 Å². The van der Waals surface area contributed by atoms with Crippen LogP contribution in [-0.4, -0.2) is 43.0 Å². The van der Waals surface area contributed by atoms with Gasteiger partial charge in [-0.05, 0) is 44.4 Å². The average molecular weight is 279 g/mol. The predicted octanol–water partition coefficient (Wildman–Crippen LogP) is 1.36. The Labute approximate surface area is 120 Å². The third kappa shape index (κ3) is 3.60. The minimum absolute atomic E-state index is 0.239. The van der Waals surface area contributed by atoms with Crippen LogP contribution >= 0.6 is 0 Å². The summed E-state index contributed by atoms with van der Waals surface area (Å²) in [5, 5.41) is 4.72. The Morgan fingerprint density at radius 1 is 1.30 bits per heavy atom. The first-order chi connectivity index (χ1) is 9.49. The highest BCUT2D eigenvalue weighted by Crippen LogP contribution is 2.43. The molecule has 5 nitrogen and oxygen atoms in total. The summed E-state index contributed by atoms with van der Waals surface area (Å²) in [5.74, 6) is 1.85. The SMILES string of the molecule is CNC(=O)NC(=O)CN(C[C@H]1C[C@H]2C=C[C@H]1C2)C(C)C. The molecule has 2 N–H and O–H groups in total. The lowest BCUT2D eigenvalue weighted by Crippen LogP contribution is -2.46. The molecule has 2 rings (SSSR count). The molecule has 0 aromatic carbocycles. The highest BCUT2D eigenvalue weighted by Gasteiger charge is 2.36. The molecule has 2 aliphatic carbocycles. The number of nitrogens with zero attached hydrogens (tertiary/aromatic N) is 1. The van der Waals surface area contributed by atoms with Gasteiger partial charge in [0.2, 0.25) is 5.91 Å². The van der Waals surface area contributed by atoms with E-state index in [1.165, 1.54) is 19.9 Å². The van der Waals surface area contributed by atoms with Crippen LogP contribution in [0.1, 0.15) is 26.7 Å². The van der Waals surface area contributed by atoms with Gasteiger partial charge in [-0.25, -0.2) is 4.79 Å². The van der Waals surface area contributed by atoms with E-state index >= 15 is 0 Å². The molecule has 0 unspecified atom stereocenters. The predicted molar refractivity (Wildman–Crippen MR) is 78.2 cm³/mol. The molecule has 1 saturated carbocycles. The quantitative estimate of drug-likeness (QED) is 0.747. The van der Waals surface area contributed by atoms with Crippen LogP contribution in [0.2, 0.25) is 0 Å². The van der Waals surface area contributed by atoms with Crippen LogP contribution in [0, 0.1) is 17.8 Å². The smallest absolute Gasteiger partial charge is 0.321 e. The number of amides is 3. The zero-order valence-corrected chi connectivity index (χ0v) is 12.6. The Morgan fingerprint density at radius 2 is 2.05 bits per heavy atom. The normalized spacial score (nSPS) is 27.4. The molecule has 0 aliphatic heterocycles. The number of urea groups is 1. The van der Waals surface area contributed by atoms with Gasteiger partial charge in [0.1, 0.15) is 0 Å². The Balaban J connectivity index is 1.86. The molecule has 0 radical (unpaired) electrons. The monoisotopic (exact) mass is 279 g/mol. The largest absolute Gasteiger partial charge is 0.341 e. The third-order valence-corrected chi connectivity index (χ3v) is 4.44. The third-order valence-electron chi connectivity index (χ3n) is 4.44. The summed E-state index contributed by atoms with van der Waals surface area (Å²) in [6, 6.07) is -0.143. The van der Waals surface area contributed by atoms with E-state index in [4.69, 9.17) is 0 Å². The highest BCUT2D eigenvalue weighted by molar-refractivity contribution is 5.95. The Kier molecular flexibility index (Phi) is 4.81. The molecule has 3 atom stereocenters. The number of nitrogens with one attached hydrogen (secondary N) is 2. The number of fused-ring (bicyclic) bond motifs is 2. The van der Waals surface area contributed by atoms with Crippen LogP contribution in [0.5, 0.6) is 0 Å². The van der Waals surface area contributed by atoms with Crippen molar-refractivity contribution in [3.8, 4) is 0 Å². The van der Waals surface area contributed by atoms with Crippen molar-refractivity contribution in [1.29, 1.82) is 0 Å². The second-order valence-electron chi connectivity index (χ2n) is 6.19. The standard InChI is InChI=1S/C15H25N3O2/c1-10(2)18(9-14(19)17-15(20)16-3)8-13-7-11-4-5-12(13)6-11/h4-5,10-13H,6-9H2,1-3H3,(H2,16,17,19,20)/t11-,12-,13+/m0/s1. The number of rotatable bonds is 5. The van der Waals surface area contributed by atoms with Crippen LogP contribution in [0.3, 0.4) is 0 Å². The fourth-order valence-corrected chi connectivity index (χ4v) is 3.28. The second-order valence-corrected chi connectivity index (χ2v) is 6.19. The summed E-state index contributed by atoms with van der Waals surface area (Å²) < 4.78 is 0. The fourth-order valence-electron chi connectivity index (χ4n) is 3.28. The molecule has 112 valence electrons. The van der Waals surface area contributed by atoms with Crippen molar-refractivity contribution in [1.82, 2.24) is 15.5 Å². The van der Waals surface area contributed by atoms with Gasteiger partial charge in [0.25, 0.3) is 0 Å². The van der Waals surface area contributed by atoms with Gasteiger partial charge in [-0.1, -0.05) is 12.2 Å². The molecule has 0 spiro atoms. The van der Waals surface area contributed by atoms with Gasteiger partial charge >= 0.3 is 6.03 Å². The molecule has 3 amide bonds. The van der Waals surface area contributed by atoms with Gasteiger partial charge in [0.15, 0.2) is 0 Å². The zero-order valence-electron chi connectivity index (χ0n) is 12.6. The molecule has 2 bridgehead atoms. The molecule has 2 aliphatic rings. The van der Waals surface area contributed by atoms with E-state index in [1.54, 1.807) is 0 Å². The maximum atomic E-state index is 11.8. The maximum absolute atomic E-state index is 11.8. The number of allylic oxidation sites excluding steroid dienone is 2. The van der Waals surface area contributed by atoms with Gasteiger partial charge in [0, 0.05) is 19.6 Å². The van der Waals surface area contributed by atoms with Gasteiger partial charge in [0.05, 0.1) is 6.54 Å². The van der Waals surface area contributed by atoms with E-state index in [9.17, 15) is 9.59 Å². The first-order valence-corrected chi connectivity index (χ1v) is 7.43. The number of hydrogen-bond donors (Lipinski definition) is 2. The minimum Gasteiger partial charge on any atom is -0.341 e. The van der Waals surface area contributed by atoms with Gasteiger partial charge in [-0.3, -0.25) is 15.0 Å². The number of carbonyl (C=O) groups excluding carboxylic acids is 2. The van der Waals surface area contributed by atoms with Crippen LogP contribution in [-0.2, 0) is 4.79 Å². The van der Waals surface area contributed by atoms with E-state index in [2.05, 4.69) is 41.5 Å². The molecule has 20 heavy (non-hydrogen) atoms. The summed E-state index contributed by atoms with van der Waals surface area (Å²) >= 11 is 0. The van der Waals surface area contributed by atoms with Crippen LogP contribution < -0.4 is 10.6 Å². The summed E-state index contributed by atoms with van der Waals surface area (Å²) in [5.41, 5.74) is 0. The Morgan fingerprint density at radius 3 is 2.55 bits per heavy atom. The summed E-state index contributed by atoms with van der Waals surface area (Å²) in [6.45, 7) is 5.40. The molecular formula is C15H25N3O2. The van der Waals surface area contributed by atoms with Crippen molar-refractivity contribution in [2.45, 2.75) is 32.7 Å². The zero-order chi connectivity index (χ0) is 14.7. The van der Waals surface area contributed by atoms with Crippen molar-refractivity contribution in [2.24, 2.45) is 17.8 Å². The summed E-state index contributed by atoms with van der Waals surface area (Å²) in [4.78, 5) is 25.1. The molecule has 0 heterocycles. The Bertz CT molecular complexity index is 406. The maximum Gasteiger partial charge on any atom is 0.321 e. The molecule has 0 aromatic heterocycles. The number of hydrogen-bond acceptors (Lipinski definition) is 3. The van der Waals surface area contributed by atoms with Crippen molar-refractivity contribution >= 4 is 11.9 Å². The van der Waals surface area contributed by atoms with Crippen LogP contribution in [0.4, 0.5) is 4.79 Å². The molecule has 0 saturated heterocycles. The number of imide groups is 1. The number of carbonyl (C=O) groups is 2. The fraction of sp³-hybridized carbons (Fsp3) is 0.733. The van der Waals surface area contributed by atoms with Gasteiger partial charge in [-0.15, -0.1) is 0 Å². The molecule has 0 aromatic rings. The van der Waals surface area contributed by atoms with Crippen molar-refractivity contribution < 1.29 is 9.59 Å². The van der Waals surface area contributed by atoms with Crippen LogP contribution in [0.25, 0.3) is 0 Å². The lowest BCUT2D eigenvalue weighted by Gasteiger charge is -2.30. The Hall–Kier alpha value is -1.36. The van der Waals surface area contributed by atoms with Crippen molar-refractivity contribution in [3.63, 3.8) is 0 Å². The van der Waals surface area contributed by atoms with Crippen molar-refractivity contribution in [3.05, 3.63) is 12.2 Å². The molecule has 5 heteroatoms. The first-order valence-electron chi connectivity index (χ1n) is 7.43. The lowest BCUT2D eigenvalue weighted by molar-refractivity contribution is -0.121. The lowest BCUT2D eigenvalue weighted by atomic mass is 9.92. The minimum atomic E-state index is -0.443. The van der Waals surface area contributed by atoms with E-state index in [0.29, 0.717) is 17.9 Å². The molecule has 1 fully saturated rings. The van der Waals surface area contributed by atoms with E-state index in [-0.39, 0.29) is 12.5 Å². The first kappa shape index (κ1) is 15.0.